The summed E-state index contributed by atoms with van der Waals surface area (Å²) in [5.74, 6) is 0.405. The summed E-state index contributed by atoms with van der Waals surface area (Å²) in [6, 6.07) is 16.2. The van der Waals surface area contributed by atoms with Gasteiger partial charge in [0, 0.05) is 23.0 Å². The van der Waals surface area contributed by atoms with Gasteiger partial charge >= 0.3 is 0 Å². The molecule has 0 aliphatic heterocycles. The van der Waals surface area contributed by atoms with E-state index < -0.39 is 0 Å². The van der Waals surface area contributed by atoms with Crippen LogP contribution in [0.25, 0.3) is 0 Å². The Morgan fingerprint density at radius 1 is 1.04 bits per heavy atom. The zero-order chi connectivity index (χ0) is 16.2. The monoisotopic (exact) mass is 327 g/mol. The van der Waals surface area contributed by atoms with Crippen LogP contribution < -0.4 is 5.32 Å². The van der Waals surface area contributed by atoms with E-state index in [9.17, 15) is 4.79 Å². The molecule has 1 aliphatic rings. The van der Waals surface area contributed by atoms with Gasteiger partial charge in [-0.1, -0.05) is 47.9 Å². The van der Waals surface area contributed by atoms with Gasteiger partial charge < -0.3 is 5.32 Å². The minimum Gasteiger partial charge on any atom is -0.378 e. The van der Waals surface area contributed by atoms with Crippen molar-refractivity contribution in [2.75, 3.05) is 5.32 Å². The van der Waals surface area contributed by atoms with E-state index in [1.165, 1.54) is 5.56 Å². The van der Waals surface area contributed by atoms with Crippen LogP contribution in [0.15, 0.2) is 48.5 Å². The summed E-state index contributed by atoms with van der Waals surface area (Å²) in [6.07, 6.45) is 3.79. The van der Waals surface area contributed by atoms with Crippen molar-refractivity contribution >= 4 is 23.1 Å². The molecule has 1 N–H and O–H groups in total. The van der Waals surface area contributed by atoms with Crippen LogP contribution in [0.2, 0.25) is 5.02 Å². The third kappa shape index (κ3) is 3.94. The van der Waals surface area contributed by atoms with Crippen molar-refractivity contribution in [3.8, 4) is 0 Å². The molecular formula is C20H22ClNO. The topological polar surface area (TPSA) is 29.1 Å². The van der Waals surface area contributed by atoms with Gasteiger partial charge in [0.05, 0.1) is 6.04 Å². The van der Waals surface area contributed by atoms with Crippen molar-refractivity contribution in [1.82, 2.24) is 0 Å². The number of carbonyl (C=O) groups excluding carboxylic acids is 1. The highest BCUT2D eigenvalue weighted by Gasteiger charge is 2.31. The number of halogens is 1. The number of hydrogen-bond acceptors (Lipinski definition) is 2. The molecule has 0 spiro atoms. The van der Waals surface area contributed by atoms with Gasteiger partial charge in [-0.15, -0.1) is 0 Å². The maximum Gasteiger partial charge on any atom is 0.138 e. The summed E-state index contributed by atoms with van der Waals surface area (Å²) in [7, 11) is 0. The van der Waals surface area contributed by atoms with Crippen molar-refractivity contribution in [2.24, 2.45) is 5.92 Å². The van der Waals surface area contributed by atoms with Crippen LogP contribution >= 0.6 is 11.6 Å². The summed E-state index contributed by atoms with van der Waals surface area (Å²) in [5.41, 5.74) is 3.40. The molecule has 1 saturated carbocycles. The molecular weight excluding hydrogens is 306 g/mol. The van der Waals surface area contributed by atoms with Crippen LogP contribution in [0.4, 0.5) is 5.69 Å². The van der Waals surface area contributed by atoms with Gasteiger partial charge in [-0.05, 0) is 49.6 Å². The van der Waals surface area contributed by atoms with Gasteiger partial charge in [-0.2, -0.15) is 0 Å². The molecule has 0 bridgehead atoms. The zero-order valence-corrected chi connectivity index (χ0v) is 14.1. The van der Waals surface area contributed by atoms with Gasteiger partial charge in [-0.25, -0.2) is 0 Å². The Hall–Kier alpha value is -1.80. The Kier molecular flexibility index (Phi) is 5.02. The first kappa shape index (κ1) is 16.1. The molecule has 0 amide bonds. The number of aryl methyl sites for hydroxylation is 1. The molecule has 3 heteroatoms. The first-order valence-corrected chi connectivity index (χ1v) is 8.62. The first-order chi connectivity index (χ1) is 11.1. The number of ketones is 1. The van der Waals surface area contributed by atoms with Crippen LogP contribution in [-0.2, 0) is 4.79 Å². The van der Waals surface area contributed by atoms with Gasteiger partial charge in [0.2, 0.25) is 0 Å². The third-order valence-corrected chi connectivity index (χ3v) is 4.86. The van der Waals surface area contributed by atoms with E-state index in [0.717, 1.165) is 35.5 Å². The van der Waals surface area contributed by atoms with Gasteiger partial charge in [-0.3, -0.25) is 4.79 Å². The van der Waals surface area contributed by atoms with Gasteiger partial charge in [0.25, 0.3) is 0 Å². The fraction of sp³-hybridized carbons (Fsp3) is 0.350. The van der Waals surface area contributed by atoms with Crippen LogP contribution in [0.1, 0.15) is 42.9 Å². The second-order valence-corrected chi connectivity index (χ2v) is 6.79. The SMILES string of the molecule is Cc1ccc(N[C@@H](c2ccc(Cl)cc2)[C@H]2CCCCC2=O)cc1. The Labute approximate surface area is 142 Å². The van der Waals surface area contributed by atoms with Crippen LogP contribution in [0.3, 0.4) is 0 Å². The predicted molar refractivity (Wildman–Crippen MR) is 96.0 cm³/mol. The lowest BCUT2D eigenvalue weighted by Crippen LogP contribution is -2.30. The van der Waals surface area contributed by atoms with Crippen molar-refractivity contribution < 1.29 is 4.79 Å². The molecule has 120 valence electrons. The zero-order valence-electron chi connectivity index (χ0n) is 13.4. The Balaban J connectivity index is 1.90. The Morgan fingerprint density at radius 3 is 2.39 bits per heavy atom. The number of Topliss-reactive ketones (excluding diaryl/α,β-unsaturated/α-hetero) is 1. The maximum absolute atomic E-state index is 12.5. The predicted octanol–water partition coefficient (Wildman–Crippen LogP) is 5.56. The number of rotatable bonds is 4. The van der Waals surface area contributed by atoms with E-state index >= 15 is 0 Å². The second-order valence-electron chi connectivity index (χ2n) is 6.36. The highest BCUT2D eigenvalue weighted by Crippen LogP contribution is 2.35. The molecule has 0 radical (unpaired) electrons. The fourth-order valence-electron chi connectivity index (χ4n) is 3.28. The Bertz CT molecular complexity index is 663. The van der Waals surface area contributed by atoms with Gasteiger partial charge in [0.15, 0.2) is 0 Å². The molecule has 1 aliphatic carbocycles. The molecule has 0 unspecified atom stereocenters. The number of hydrogen-bond donors (Lipinski definition) is 1. The van der Waals surface area contributed by atoms with Crippen LogP contribution in [0, 0.1) is 12.8 Å². The molecule has 2 nitrogen and oxygen atoms in total. The number of carbonyl (C=O) groups is 1. The summed E-state index contributed by atoms with van der Waals surface area (Å²) in [5, 5.41) is 4.30. The van der Waals surface area contributed by atoms with E-state index in [1.54, 1.807) is 0 Å². The van der Waals surface area contributed by atoms with E-state index in [-0.39, 0.29) is 12.0 Å². The first-order valence-electron chi connectivity index (χ1n) is 8.25. The smallest absolute Gasteiger partial charge is 0.138 e. The average molecular weight is 328 g/mol. The number of nitrogens with one attached hydrogen (secondary N) is 1. The lowest BCUT2D eigenvalue weighted by atomic mass is 9.80. The van der Waals surface area contributed by atoms with Crippen molar-refractivity contribution in [2.45, 2.75) is 38.6 Å². The van der Waals surface area contributed by atoms with Crippen LogP contribution in [-0.4, -0.2) is 5.78 Å². The average Bonchev–Trinajstić information content (AvgIpc) is 2.56. The number of benzene rings is 2. The quantitative estimate of drug-likeness (QED) is 0.796. The van der Waals surface area contributed by atoms with Crippen molar-refractivity contribution in [1.29, 1.82) is 0 Å². The van der Waals surface area contributed by atoms with E-state index in [4.69, 9.17) is 11.6 Å². The third-order valence-electron chi connectivity index (χ3n) is 4.61. The Morgan fingerprint density at radius 2 is 1.74 bits per heavy atom. The molecule has 0 saturated heterocycles. The van der Waals surface area contributed by atoms with Crippen molar-refractivity contribution in [3.05, 3.63) is 64.7 Å². The molecule has 3 rings (SSSR count). The minimum absolute atomic E-state index is 0.00257. The summed E-state index contributed by atoms with van der Waals surface area (Å²) < 4.78 is 0. The summed E-state index contributed by atoms with van der Waals surface area (Å²) in [4.78, 5) is 12.5. The van der Waals surface area contributed by atoms with Crippen molar-refractivity contribution in [3.63, 3.8) is 0 Å². The highest BCUT2D eigenvalue weighted by molar-refractivity contribution is 6.30. The summed E-state index contributed by atoms with van der Waals surface area (Å²) in [6.45, 7) is 2.07. The molecule has 0 aromatic heterocycles. The molecule has 2 aromatic carbocycles. The highest BCUT2D eigenvalue weighted by atomic mass is 35.5. The molecule has 2 atom stereocenters. The minimum atomic E-state index is 0.00257. The molecule has 1 fully saturated rings. The van der Waals surface area contributed by atoms with E-state index in [2.05, 4.69) is 36.5 Å². The van der Waals surface area contributed by atoms with E-state index in [0.29, 0.717) is 12.2 Å². The normalized spacial score (nSPS) is 19.4. The summed E-state index contributed by atoms with van der Waals surface area (Å²) >= 11 is 6.02. The largest absolute Gasteiger partial charge is 0.378 e. The molecule has 23 heavy (non-hydrogen) atoms. The lowest BCUT2D eigenvalue weighted by Gasteiger charge is -2.31. The van der Waals surface area contributed by atoms with Gasteiger partial charge in [0.1, 0.15) is 5.78 Å². The lowest BCUT2D eigenvalue weighted by molar-refractivity contribution is -0.125. The molecule has 2 aromatic rings. The number of anilines is 1. The molecule has 0 heterocycles. The standard InChI is InChI=1S/C20H22ClNO/c1-14-6-12-17(13-7-14)22-20(15-8-10-16(21)11-9-15)18-4-2-3-5-19(18)23/h6-13,18,20,22H,2-5H2,1H3/t18-,20-/m0/s1. The van der Waals surface area contributed by atoms with E-state index in [1.807, 2.05) is 24.3 Å². The second kappa shape index (κ2) is 7.18. The van der Waals surface area contributed by atoms with Crippen LogP contribution in [0.5, 0.6) is 0 Å². The maximum atomic E-state index is 12.5. The fourth-order valence-corrected chi connectivity index (χ4v) is 3.40.